The molecule has 0 saturated heterocycles. The van der Waals surface area contributed by atoms with E-state index >= 15 is 0 Å². The van der Waals surface area contributed by atoms with Crippen molar-refractivity contribution in [3.8, 4) is 0 Å². The van der Waals surface area contributed by atoms with Gasteiger partial charge in [0.15, 0.2) is 0 Å². The van der Waals surface area contributed by atoms with Gasteiger partial charge in [0.2, 0.25) is 0 Å². The fourth-order valence-electron chi connectivity index (χ4n) is 2.65. The largest absolute Gasteiger partial charge is 0.100 e. The first kappa shape index (κ1) is 14.5. The van der Waals surface area contributed by atoms with Crippen LogP contribution in [-0.4, -0.2) is 0 Å². The van der Waals surface area contributed by atoms with E-state index < -0.39 is 0 Å². The zero-order valence-electron chi connectivity index (χ0n) is 9.81. The zero-order chi connectivity index (χ0) is 10.6. The first-order valence-electron chi connectivity index (χ1n) is 5.91. The monoisotopic (exact) mass is 208 g/mol. The molecule has 0 spiro atoms. The summed E-state index contributed by atoms with van der Waals surface area (Å²) in [6.07, 6.45) is 8.65. The van der Waals surface area contributed by atoms with E-state index in [0.717, 1.165) is 11.8 Å². The Labute approximate surface area is 96.5 Å². The maximum absolute atomic E-state index is 4.14. The van der Waals surface area contributed by atoms with Gasteiger partial charge in [-0.25, -0.2) is 0 Å². The van der Waals surface area contributed by atoms with Gasteiger partial charge in [-0.1, -0.05) is 38.0 Å². The van der Waals surface area contributed by atoms with Crippen LogP contribution in [0.15, 0.2) is 24.3 Å². The maximum Gasteiger partial charge on any atom is -0.0177 e. The summed E-state index contributed by atoms with van der Waals surface area (Å²) in [5.41, 5.74) is 2.73. The summed E-state index contributed by atoms with van der Waals surface area (Å²) in [6, 6.07) is 0. The molecule has 88 valence electrons. The molecule has 0 aromatic heterocycles. The predicted octanol–water partition coefficient (Wildman–Crippen LogP) is 5.36. The highest BCUT2D eigenvalue weighted by molar-refractivity contribution is 5.09. The van der Waals surface area contributed by atoms with Gasteiger partial charge < -0.3 is 0 Å². The molecule has 0 aromatic rings. The fraction of sp³-hybridized carbons (Fsp3) is 0.733. The summed E-state index contributed by atoms with van der Waals surface area (Å²) < 4.78 is 0. The molecule has 0 radical (unpaired) electrons. The molecule has 0 heteroatoms. The lowest BCUT2D eigenvalue weighted by molar-refractivity contribution is 0.303. The van der Waals surface area contributed by atoms with Crippen molar-refractivity contribution in [3.05, 3.63) is 24.3 Å². The van der Waals surface area contributed by atoms with Gasteiger partial charge in [0.1, 0.15) is 0 Å². The van der Waals surface area contributed by atoms with Crippen molar-refractivity contribution in [2.24, 2.45) is 11.8 Å². The first-order chi connectivity index (χ1) is 6.61. The summed E-state index contributed by atoms with van der Waals surface area (Å²) in [5.74, 6) is 1.98. The van der Waals surface area contributed by atoms with Crippen LogP contribution in [0.1, 0.15) is 59.8 Å². The van der Waals surface area contributed by atoms with Crippen LogP contribution in [0.2, 0.25) is 0 Å². The zero-order valence-corrected chi connectivity index (χ0v) is 9.81. The van der Waals surface area contributed by atoms with E-state index in [-0.39, 0.29) is 7.43 Å². The molecule has 0 bridgehead atoms. The van der Waals surface area contributed by atoms with E-state index in [9.17, 15) is 0 Å². The second-order valence-corrected chi connectivity index (χ2v) is 5.06. The SMILES string of the molecule is C.C=C(C)C.C=C1CCC2CCCCC12. The first-order valence-corrected chi connectivity index (χ1v) is 5.91. The van der Waals surface area contributed by atoms with E-state index in [0.29, 0.717) is 0 Å². The Balaban J connectivity index is 0.000000346. The molecular formula is C15H28. The average Bonchev–Trinajstić information content (AvgIpc) is 2.48. The van der Waals surface area contributed by atoms with Crippen molar-refractivity contribution < 1.29 is 0 Å². The Hall–Kier alpha value is -0.520. The summed E-state index contributed by atoms with van der Waals surface area (Å²) in [7, 11) is 0. The summed E-state index contributed by atoms with van der Waals surface area (Å²) in [5, 5.41) is 0. The number of hydrogen-bond acceptors (Lipinski definition) is 0. The molecule has 2 aliphatic rings. The van der Waals surface area contributed by atoms with Crippen LogP contribution >= 0.6 is 0 Å². The number of fused-ring (bicyclic) bond motifs is 1. The topological polar surface area (TPSA) is 0 Å². The Bertz CT molecular complexity index is 208. The van der Waals surface area contributed by atoms with E-state index in [1.165, 1.54) is 44.1 Å². The van der Waals surface area contributed by atoms with Crippen molar-refractivity contribution in [3.63, 3.8) is 0 Å². The standard InChI is InChI=1S/C10H16.C4H8.CH4/c1-8-6-7-9-4-2-3-5-10(8)9;1-4(2)3;/h9-10H,1-7H2;1H2,2-3H3;1H4. The van der Waals surface area contributed by atoms with E-state index in [2.05, 4.69) is 13.2 Å². The van der Waals surface area contributed by atoms with Crippen LogP contribution in [0, 0.1) is 11.8 Å². The highest BCUT2D eigenvalue weighted by Crippen LogP contribution is 2.44. The third-order valence-electron chi connectivity index (χ3n) is 3.27. The third-order valence-corrected chi connectivity index (χ3v) is 3.27. The Kier molecular flexibility index (Phi) is 6.63. The molecule has 2 unspecified atom stereocenters. The van der Waals surface area contributed by atoms with Gasteiger partial charge in [-0.15, -0.1) is 6.58 Å². The minimum atomic E-state index is 0. The van der Waals surface area contributed by atoms with Crippen LogP contribution < -0.4 is 0 Å². The van der Waals surface area contributed by atoms with Crippen LogP contribution in [0.3, 0.4) is 0 Å². The van der Waals surface area contributed by atoms with Gasteiger partial charge in [0.05, 0.1) is 0 Å². The predicted molar refractivity (Wildman–Crippen MR) is 71.0 cm³/mol. The molecule has 2 atom stereocenters. The molecule has 2 aliphatic carbocycles. The summed E-state index contributed by atoms with van der Waals surface area (Å²) in [4.78, 5) is 0. The van der Waals surface area contributed by atoms with E-state index in [1.807, 2.05) is 13.8 Å². The van der Waals surface area contributed by atoms with Gasteiger partial charge in [-0.3, -0.25) is 0 Å². The molecule has 0 heterocycles. The molecule has 0 nitrogen and oxygen atoms in total. The average molecular weight is 208 g/mol. The molecule has 0 aliphatic heterocycles. The fourth-order valence-corrected chi connectivity index (χ4v) is 2.65. The molecule has 2 saturated carbocycles. The van der Waals surface area contributed by atoms with Gasteiger partial charge >= 0.3 is 0 Å². The Morgan fingerprint density at radius 3 is 2.20 bits per heavy atom. The highest BCUT2D eigenvalue weighted by Gasteiger charge is 2.31. The minimum absolute atomic E-state index is 0. The second kappa shape index (κ2) is 6.87. The van der Waals surface area contributed by atoms with Crippen LogP contribution in [0.25, 0.3) is 0 Å². The van der Waals surface area contributed by atoms with Gasteiger partial charge in [-0.05, 0) is 51.4 Å². The molecule has 0 amide bonds. The van der Waals surface area contributed by atoms with Gasteiger partial charge in [0, 0.05) is 0 Å². The van der Waals surface area contributed by atoms with Crippen LogP contribution in [0.5, 0.6) is 0 Å². The molecule has 2 rings (SSSR count). The van der Waals surface area contributed by atoms with Crippen LogP contribution in [0.4, 0.5) is 0 Å². The molecule has 0 N–H and O–H groups in total. The highest BCUT2D eigenvalue weighted by atomic mass is 14.4. The third kappa shape index (κ3) is 4.68. The quantitative estimate of drug-likeness (QED) is 0.470. The lowest BCUT2D eigenvalue weighted by Gasteiger charge is -2.25. The van der Waals surface area contributed by atoms with Crippen molar-refractivity contribution in [2.45, 2.75) is 59.8 Å². The van der Waals surface area contributed by atoms with Crippen molar-refractivity contribution in [1.82, 2.24) is 0 Å². The molecular weight excluding hydrogens is 180 g/mol. The van der Waals surface area contributed by atoms with Crippen molar-refractivity contribution >= 4 is 0 Å². The maximum atomic E-state index is 4.14. The van der Waals surface area contributed by atoms with Gasteiger partial charge in [-0.2, -0.15) is 0 Å². The van der Waals surface area contributed by atoms with Crippen molar-refractivity contribution in [2.75, 3.05) is 0 Å². The summed E-state index contributed by atoms with van der Waals surface area (Å²) >= 11 is 0. The Morgan fingerprint density at radius 2 is 1.67 bits per heavy atom. The normalized spacial score (nSPS) is 28.3. The van der Waals surface area contributed by atoms with Gasteiger partial charge in [0.25, 0.3) is 0 Å². The van der Waals surface area contributed by atoms with E-state index in [4.69, 9.17) is 0 Å². The smallest absolute Gasteiger partial charge is 0.0177 e. The lowest BCUT2D eigenvalue weighted by atomic mass is 9.81. The Morgan fingerprint density at radius 1 is 1.13 bits per heavy atom. The molecule has 0 aromatic carbocycles. The molecule has 15 heavy (non-hydrogen) atoms. The van der Waals surface area contributed by atoms with Crippen molar-refractivity contribution in [1.29, 1.82) is 0 Å². The number of rotatable bonds is 0. The number of allylic oxidation sites excluding steroid dienone is 2. The van der Waals surface area contributed by atoms with Crippen LogP contribution in [-0.2, 0) is 0 Å². The number of hydrogen-bond donors (Lipinski definition) is 0. The summed E-state index contributed by atoms with van der Waals surface area (Å²) in [6.45, 7) is 11.6. The lowest BCUT2D eigenvalue weighted by Crippen LogP contribution is -2.13. The second-order valence-electron chi connectivity index (χ2n) is 5.06. The van der Waals surface area contributed by atoms with E-state index in [1.54, 1.807) is 5.57 Å². The molecule has 2 fully saturated rings. The minimum Gasteiger partial charge on any atom is -0.100 e.